The predicted molar refractivity (Wildman–Crippen MR) is 67.3 cm³/mol. The number of hydrogen-bond acceptors (Lipinski definition) is 4. The molecule has 1 aromatic rings. The first kappa shape index (κ1) is 21.6. The Labute approximate surface area is 131 Å². The number of alkyl halides is 6. The average molecular weight is 390 g/mol. The van der Waals surface area contributed by atoms with Gasteiger partial charge in [0.15, 0.2) is 0 Å². The summed E-state index contributed by atoms with van der Waals surface area (Å²) in [4.78, 5) is 13.1. The highest BCUT2D eigenvalue weighted by Gasteiger charge is 2.44. The standard InChI is InChI=1S/C9H10F3NO2.CClF3O2S/c1-3-15-8(14)6-4-5(2)7(13-6)9(10,11)12;2-8(6,7)1(3,4)5/h4,13H,3H2,1-2H3;. The summed E-state index contributed by atoms with van der Waals surface area (Å²) in [5.41, 5.74) is -6.44. The van der Waals surface area contributed by atoms with Gasteiger partial charge in [-0.25, -0.2) is 13.2 Å². The zero-order valence-electron chi connectivity index (χ0n) is 11.5. The van der Waals surface area contributed by atoms with E-state index >= 15 is 0 Å². The first-order chi connectivity index (χ1) is 10.1. The second-order valence-electron chi connectivity index (χ2n) is 3.84. The van der Waals surface area contributed by atoms with E-state index < -0.39 is 32.4 Å². The lowest BCUT2D eigenvalue weighted by atomic mass is 10.2. The molecule has 0 aromatic carbocycles. The maximum absolute atomic E-state index is 12.3. The molecule has 134 valence electrons. The Morgan fingerprint density at radius 1 is 1.26 bits per heavy atom. The van der Waals surface area contributed by atoms with Crippen molar-refractivity contribution in [1.82, 2.24) is 4.98 Å². The van der Waals surface area contributed by atoms with Gasteiger partial charge in [-0.2, -0.15) is 26.3 Å². The molecule has 0 aliphatic heterocycles. The Bertz CT molecular complexity index is 649. The number of ether oxygens (including phenoxy) is 1. The number of carbonyl (C=O) groups is 1. The number of aryl methyl sites for hydroxylation is 1. The first-order valence-electron chi connectivity index (χ1n) is 5.56. The number of H-pyrrole nitrogens is 1. The van der Waals surface area contributed by atoms with Crippen molar-refractivity contribution in [2.45, 2.75) is 25.5 Å². The van der Waals surface area contributed by atoms with Crippen LogP contribution in [0.3, 0.4) is 0 Å². The number of esters is 1. The number of carbonyl (C=O) groups excluding carboxylic acids is 1. The lowest BCUT2D eigenvalue weighted by molar-refractivity contribution is -0.141. The fourth-order valence-electron chi connectivity index (χ4n) is 1.17. The molecule has 1 heterocycles. The van der Waals surface area contributed by atoms with Gasteiger partial charge in [0.05, 0.1) is 6.61 Å². The van der Waals surface area contributed by atoms with Crippen molar-refractivity contribution in [3.05, 3.63) is 23.0 Å². The molecule has 0 saturated heterocycles. The molecule has 0 aliphatic rings. The minimum Gasteiger partial charge on any atom is -0.461 e. The van der Waals surface area contributed by atoms with Gasteiger partial charge in [0.25, 0.3) is 0 Å². The number of aromatic nitrogens is 1. The summed E-state index contributed by atoms with van der Waals surface area (Å²) < 4.78 is 92.7. The molecule has 13 heteroatoms. The topological polar surface area (TPSA) is 76.2 Å². The van der Waals surface area contributed by atoms with E-state index in [1.807, 2.05) is 4.98 Å². The van der Waals surface area contributed by atoms with Crippen LogP contribution < -0.4 is 0 Å². The van der Waals surface area contributed by atoms with E-state index in [1.165, 1.54) is 6.92 Å². The summed E-state index contributed by atoms with van der Waals surface area (Å²) in [7, 11) is -1.51. The minimum atomic E-state index is -5.37. The summed E-state index contributed by atoms with van der Waals surface area (Å²) in [6.07, 6.45) is -4.48. The van der Waals surface area contributed by atoms with E-state index in [2.05, 4.69) is 15.4 Å². The van der Waals surface area contributed by atoms with Gasteiger partial charge in [-0.15, -0.1) is 0 Å². The number of rotatable bonds is 2. The van der Waals surface area contributed by atoms with Crippen LogP contribution in [0, 0.1) is 6.92 Å². The van der Waals surface area contributed by atoms with Crippen LogP contribution in [0.1, 0.15) is 28.7 Å². The smallest absolute Gasteiger partial charge is 0.461 e. The highest BCUT2D eigenvalue weighted by atomic mass is 35.7. The summed E-state index contributed by atoms with van der Waals surface area (Å²) in [5.74, 6) is -0.781. The third kappa shape index (κ3) is 6.69. The first-order valence-corrected chi connectivity index (χ1v) is 7.87. The summed E-state index contributed by atoms with van der Waals surface area (Å²) in [6.45, 7) is 2.98. The SMILES string of the molecule is CCOC(=O)c1cc(C)c(C(F)(F)F)[nH]1.O=S(=O)(Cl)C(F)(F)F. The molecule has 0 fully saturated rings. The van der Waals surface area contributed by atoms with E-state index in [0.29, 0.717) is 0 Å². The predicted octanol–water partition coefficient (Wildman–Crippen LogP) is 3.59. The van der Waals surface area contributed by atoms with Gasteiger partial charge >= 0.3 is 26.7 Å². The summed E-state index contributed by atoms with van der Waals surface area (Å²) in [6, 6.07) is 1.13. The van der Waals surface area contributed by atoms with Crippen molar-refractivity contribution in [3.8, 4) is 0 Å². The van der Waals surface area contributed by atoms with Crippen LogP contribution in [-0.2, 0) is 20.0 Å². The number of aromatic amines is 1. The molecule has 1 aromatic heterocycles. The molecule has 0 amide bonds. The fraction of sp³-hybridized carbons (Fsp3) is 0.500. The van der Waals surface area contributed by atoms with Crippen LogP contribution in [0.15, 0.2) is 6.07 Å². The molecule has 1 N–H and O–H groups in total. The molecular weight excluding hydrogens is 380 g/mol. The molecule has 0 atom stereocenters. The van der Waals surface area contributed by atoms with E-state index in [9.17, 15) is 39.6 Å². The van der Waals surface area contributed by atoms with E-state index in [0.717, 1.165) is 6.07 Å². The number of nitrogens with one attached hydrogen (secondary N) is 1. The number of halogens is 7. The summed E-state index contributed by atoms with van der Waals surface area (Å²) >= 11 is 0. The molecule has 23 heavy (non-hydrogen) atoms. The van der Waals surface area contributed by atoms with Crippen LogP contribution in [0.25, 0.3) is 0 Å². The second kappa shape index (κ2) is 7.43. The quantitative estimate of drug-likeness (QED) is 0.476. The van der Waals surface area contributed by atoms with Crippen molar-refractivity contribution in [3.63, 3.8) is 0 Å². The molecule has 0 radical (unpaired) electrons. The van der Waals surface area contributed by atoms with Gasteiger partial charge in [0, 0.05) is 10.7 Å². The van der Waals surface area contributed by atoms with Crippen LogP contribution >= 0.6 is 10.7 Å². The lowest BCUT2D eigenvalue weighted by Gasteiger charge is -2.04. The Balaban J connectivity index is 0.000000515. The van der Waals surface area contributed by atoms with Gasteiger partial charge in [-0.05, 0) is 25.5 Å². The Kier molecular flexibility index (Phi) is 6.96. The second-order valence-corrected chi connectivity index (χ2v) is 6.40. The largest absolute Gasteiger partial charge is 0.511 e. The average Bonchev–Trinajstić information content (AvgIpc) is 2.69. The molecule has 0 aliphatic carbocycles. The van der Waals surface area contributed by atoms with Crippen molar-refractivity contribution in [2.75, 3.05) is 6.61 Å². The maximum atomic E-state index is 12.3. The van der Waals surface area contributed by atoms with Crippen LogP contribution in [-0.4, -0.2) is 31.5 Å². The maximum Gasteiger partial charge on any atom is 0.511 e. The van der Waals surface area contributed by atoms with E-state index in [1.54, 1.807) is 6.92 Å². The van der Waals surface area contributed by atoms with Crippen molar-refractivity contribution in [1.29, 1.82) is 0 Å². The molecule has 0 saturated carbocycles. The highest BCUT2D eigenvalue weighted by molar-refractivity contribution is 8.14. The Hall–Kier alpha value is -1.43. The third-order valence-corrected chi connectivity index (χ3v) is 3.15. The molecule has 0 bridgehead atoms. The van der Waals surface area contributed by atoms with Gasteiger partial charge < -0.3 is 9.72 Å². The van der Waals surface area contributed by atoms with Crippen molar-refractivity contribution < 1.29 is 44.3 Å². The highest BCUT2D eigenvalue weighted by Crippen LogP contribution is 2.31. The van der Waals surface area contributed by atoms with E-state index in [-0.39, 0.29) is 17.9 Å². The molecule has 1 rings (SSSR count). The van der Waals surface area contributed by atoms with Gasteiger partial charge in [-0.1, -0.05) is 0 Å². The van der Waals surface area contributed by atoms with Crippen molar-refractivity contribution in [2.24, 2.45) is 0 Å². The molecule has 5 nitrogen and oxygen atoms in total. The zero-order chi connectivity index (χ0) is 18.6. The van der Waals surface area contributed by atoms with Gasteiger partial charge in [0.2, 0.25) is 0 Å². The van der Waals surface area contributed by atoms with Gasteiger partial charge in [0.1, 0.15) is 11.4 Å². The minimum absolute atomic E-state index is 0.0226. The van der Waals surface area contributed by atoms with Crippen LogP contribution in [0.5, 0.6) is 0 Å². The third-order valence-electron chi connectivity index (χ3n) is 2.07. The zero-order valence-corrected chi connectivity index (χ0v) is 13.0. The summed E-state index contributed by atoms with van der Waals surface area (Å²) in [5, 5.41) is 0. The molecular formula is C10H10ClF6NO4S. The van der Waals surface area contributed by atoms with Crippen LogP contribution in [0.4, 0.5) is 26.3 Å². The molecule has 0 spiro atoms. The molecule has 0 unspecified atom stereocenters. The van der Waals surface area contributed by atoms with Crippen LogP contribution in [0.2, 0.25) is 0 Å². The van der Waals surface area contributed by atoms with Crippen molar-refractivity contribution >= 4 is 25.7 Å². The lowest BCUT2D eigenvalue weighted by Crippen LogP contribution is -2.16. The normalized spacial score (nSPS) is 12.4. The fourth-order valence-corrected chi connectivity index (χ4v) is 1.17. The number of hydrogen-bond donors (Lipinski definition) is 1. The van der Waals surface area contributed by atoms with E-state index in [4.69, 9.17) is 0 Å². The monoisotopic (exact) mass is 389 g/mol. The van der Waals surface area contributed by atoms with Gasteiger partial charge in [-0.3, -0.25) is 0 Å². The Morgan fingerprint density at radius 3 is 1.96 bits per heavy atom. The Morgan fingerprint density at radius 2 is 1.70 bits per heavy atom.